The summed E-state index contributed by atoms with van der Waals surface area (Å²) in [5, 5.41) is 0. The molecule has 0 aliphatic carbocycles. The summed E-state index contributed by atoms with van der Waals surface area (Å²) in [4.78, 5) is 12.2. The van der Waals surface area contributed by atoms with Gasteiger partial charge in [0.1, 0.15) is 29.7 Å². The second-order valence-electron chi connectivity index (χ2n) is 5.81. The van der Waals surface area contributed by atoms with Gasteiger partial charge < -0.3 is 9.47 Å². The number of hydrogen-bond donors (Lipinski definition) is 0. The van der Waals surface area contributed by atoms with Crippen LogP contribution in [-0.2, 0) is 6.61 Å². The summed E-state index contributed by atoms with van der Waals surface area (Å²) in [5.74, 6) is -0.328. The van der Waals surface area contributed by atoms with E-state index < -0.39 is 11.6 Å². The molecule has 24 heavy (non-hydrogen) atoms. The van der Waals surface area contributed by atoms with Crippen molar-refractivity contribution in [3.8, 4) is 11.5 Å². The van der Waals surface area contributed by atoms with Gasteiger partial charge in [0.2, 0.25) is 5.78 Å². The lowest BCUT2D eigenvalue weighted by molar-refractivity contribution is 0.101. The third-order valence-corrected chi connectivity index (χ3v) is 3.90. The Balaban J connectivity index is 1.89. The molecule has 0 radical (unpaired) electrons. The summed E-state index contributed by atoms with van der Waals surface area (Å²) in [6.07, 6.45) is 0. The van der Waals surface area contributed by atoms with Crippen molar-refractivity contribution >= 4 is 5.78 Å². The first-order valence-corrected chi connectivity index (χ1v) is 7.49. The Labute approximate surface area is 138 Å². The zero-order chi connectivity index (χ0) is 17.4. The van der Waals surface area contributed by atoms with Gasteiger partial charge in [0.05, 0.1) is 11.1 Å². The smallest absolute Gasteiger partial charge is 0.231 e. The predicted molar refractivity (Wildman–Crippen MR) is 85.2 cm³/mol. The second-order valence-corrected chi connectivity index (χ2v) is 5.81. The van der Waals surface area contributed by atoms with Gasteiger partial charge in [-0.3, -0.25) is 4.79 Å². The van der Waals surface area contributed by atoms with Gasteiger partial charge in [-0.25, -0.2) is 8.78 Å². The Morgan fingerprint density at radius 1 is 1.12 bits per heavy atom. The lowest BCUT2D eigenvalue weighted by Gasteiger charge is -2.12. The Morgan fingerprint density at radius 3 is 2.42 bits per heavy atom. The van der Waals surface area contributed by atoms with Crippen LogP contribution in [0.25, 0.3) is 0 Å². The zero-order valence-corrected chi connectivity index (χ0v) is 13.6. The number of ether oxygens (including phenoxy) is 2. The first-order valence-electron chi connectivity index (χ1n) is 7.49. The Kier molecular flexibility index (Phi) is 4.09. The molecule has 0 unspecified atom stereocenters. The first-order chi connectivity index (χ1) is 11.4. The van der Waals surface area contributed by atoms with Crippen LogP contribution in [0.2, 0.25) is 0 Å². The standard InChI is InChI=1S/C19H16F2O3/c1-10(2)18-17(22)12-7-8-16(11(3)19(12)24-18)23-9-13-14(20)5-4-6-15(13)21/h4-8H,9H2,1-3H3. The van der Waals surface area contributed by atoms with Crippen LogP contribution >= 0.6 is 0 Å². The monoisotopic (exact) mass is 330 g/mol. The van der Waals surface area contributed by atoms with Gasteiger partial charge in [-0.05, 0) is 50.6 Å². The van der Waals surface area contributed by atoms with Crippen molar-refractivity contribution in [3.63, 3.8) is 0 Å². The fourth-order valence-corrected chi connectivity index (χ4v) is 2.56. The van der Waals surface area contributed by atoms with Crippen molar-refractivity contribution in [2.24, 2.45) is 0 Å². The summed E-state index contributed by atoms with van der Waals surface area (Å²) in [7, 11) is 0. The molecule has 0 bridgehead atoms. The van der Waals surface area contributed by atoms with Crippen LogP contribution in [-0.4, -0.2) is 5.78 Å². The molecule has 0 saturated carbocycles. The minimum Gasteiger partial charge on any atom is -0.488 e. The molecular weight excluding hydrogens is 314 g/mol. The molecule has 0 aromatic heterocycles. The number of ketones is 1. The summed E-state index contributed by atoms with van der Waals surface area (Å²) >= 11 is 0. The maximum absolute atomic E-state index is 13.7. The Morgan fingerprint density at radius 2 is 1.79 bits per heavy atom. The molecule has 0 spiro atoms. The van der Waals surface area contributed by atoms with Crippen molar-refractivity contribution in [1.29, 1.82) is 0 Å². The van der Waals surface area contributed by atoms with E-state index in [1.807, 2.05) is 0 Å². The number of fused-ring (bicyclic) bond motifs is 1. The second kappa shape index (κ2) is 6.07. The fraction of sp³-hybridized carbons (Fsp3) is 0.211. The quantitative estimate of drug-likeness (QED) is 0.764. The van der Waals surface area contributed by atoms with E-state index in [2.05, 4.69) is 0 Å². The van der Waals surface area contributed by atoms with Crippen LogP contribution in [0.1, 0.15) is 35.3 Å². The molecule has 0 atom stereocenters. The van der Waals surface area contributed by atoms with Gasteiger partial charge in [-0.1, -0.05) is 6.07 Å². The normalized spacial score (nSPS) is 12.9. The Bertz CT molecular complexity index is 845. The fourth-order valence-electron chi connectivity index (χ4n) is 2.56. The van der Waals surface area contributed by atoms with Gasteiger partial charge in [0.25, 0.3) is 0 Å². The van der Waals surface area contributed by atoms with E-state index in [1.54, 1.807) is 32.9 Å². The number of hydrogen-bond acceptors (Lipinski definition) is 3. The Hall–Kier alpha value is -2.69. The van der Waals surface area contributed by atoms with E-state index >= 15 is 0 Å². The molecule has 0 amide bonds. The third-order valence-electron chi connectivity index (χ3n) is 3.90. The van der Waals surface area contributed by atoms with E-state index in [4.69, 9.17) is 9.47 Å². The largest absolute Gasteiger partial charge is 0.488 e. The topological polar surface area (TPSA) is 35.5 Å². The van der Waals surface area contributed by atoms with Gasteiger partial charge in [-0.15, -0.1) is 0 Å². The van der Waals surface area contributed by atoms with E-state index in [0.29, 0.717) is 28.4 Å². The maximum Gasteiger partial charge on any atom is 0.231 e. The van der Waals surface area contributed by atoms with Crippen LogP contribution in [0.3, 0.4) is 0 Å². The van der Waals surface area contributed by atoms with Crippen LogP contribution < -0.4 is 9.47 Å². The van der Waals surface area contributed by atoms with Crippen molar-refractivity contribution in [3.05, 3.63) is 70.0 Å². The van der Waals surface area contributed by atoms with Gasteiger partial charge in [0, 0.05) is 5.56 Å². The van der Waals surface area contributed by atoms with Gasteiger partial charge in [-0.2, -0.15) is 0 Å². The number of rotatable bonds is 3. The van der Waals surface area contributed by atoms with Crippen molar-refractivity contribution < 1.29 is 23.0 Å². The molecule has 124 valence electrons. The minimum atomic E-state index is -0.660. The lowest BCUT2D eigenvalue weighted by atomic mass is 10.1. The van der Waals surface area contributed by atoms with Gasteiger partial charge >= 0.3 is 0 Å². The molecule has 3 nitrogen and oxygen atoms in total. The van der Waals surface area contributed by atoms with E-state index in [1.165, 1.54) is 18.2 Å². The lowest BCUT2D eigenvalue weighted by Crippen LogP contribution is -2.03. The van der Waals surface area contributed by atoms with Crippen LogP contribution in [0.5, 0.6) is 11.5 Å². The number of carbonyl (C=O) groups excluding carboxylic acids is 1. The molecule has 1 aliphatic rings. The van der Waals surface area contributed by atoms with E-state index in [9.17, 15) is 13.6 Å². The van der Waals surface area contributed by atoms with Crippen LogP contribution in [0.4, 0.5) is 8.78 Å². The molecule has 1 heterocycles. The average molecular weight is 330 g/mol. The number of benzene rings is 2. The SMILES string of the molecule is CC(C)=C1Oc2c(ccc(OCc3c(F)cccc3F)c2C)C1=O. The molecule has 2 aromatic carbocycles. The van der Waals surface area contributed by atoms with Gasteiger partial charge in [0.15, 0.2) is 5.76 Å². The van der Waals surface area contributed by atoms with E-state index in [-0.39, 0.29) is 18.0 Å². The summed E-state index contributed by atoms with van der Waals surface area (Å²) < 4.78 is 38.5. The number of halogens is 2. The van der Waals surface area contributed by atoms with Crippen LogP contribution in [0.15, 0.2) is 41.7 Å². The van der Waals surface area contributed by atoms with Crippen molar-refractivity contribution in [1.82, 2.24) is 0 Å². The summed E-state index contributed by atoms with van der Waals surface area (Å²) in [6, 6.07) is 6.88. The number of allylic oxidation sites excluding steroid dienone is 2. The summed E-state index contributed by atoms with van der Waals surface area (Å²) in [5.41, 5.74) is 1.73. The maximum atomic E-state index is 13.7. The highest BCUT2D eigenvalue weighted by Gasteiger charge is 2.30. The van der Waals surface area contributed by atoms with E-state index in [0.717, 1.165) is 5.57 Å². The molecule has 5 heteroatoms. The third kappa shape index (κ3) is 2.66. The predicted octanol–water partition coefficient (Wildman–Crippen LogP) is 4.72. The summed E-state index contributed by atoms with van der Waals surface area (Å²) in [6.45, 7) is 5.09. The van der Waals surface area contributed by atoms with Crippen LogP contribution in [0, 0.1) is 18.6 Å². The average Bonchev–Trinajstić information content (AvgIpc) is 2.87. The highest BCUT2D eigenvalue weighted by molar-refractivity contribution is 6.13. The highest BCUT2D eigenvalue weighted by atomic mass is 19.1. The molecule has 3 rings (SSSR count). The van der Waals surface area contributed by atoms with Crippen molar-refractivity contribution in [2.45, 2.75) is 27.4 Å². The first kappa shape index (κ1) is 16.2. The highest BCUT2D eigenvalue weighted by Crippen LogP contribution is 2.39. The molecule has 0 saturated heterocycles. The zero-order valence-electron chi connectivity index (χ0n) is 13.6. The van der Waals surface area contributed by atoms with Crippen molar-refractivity contribution in [2.75, 3.05) is 0 Å². The molecule has 0 N–H and O–H groups in total. The molecule has 0 fully saturated rings. The molecule has 2 aromatic rings. The number of Topliss-reactive ketones (excluding diaryl/α,β-unsaturated/α-hetero) is 1. The molecule has 1 aliphatic heterocycles. The number of carbonyl (C=O) groups is 1. The minimum absolute atomic E-state index is 0.139. The molecular formula is C19H16F2O3.